The first-order chi connectivity index (χ1) is 7.85. The van der Waals surface area contributed by atoms with Gasteiger partial charge in [0.1, 0.15) is 5.60 Å². The average molecular weight is 243 g/mol. The topological polar surface area (TPSA) is 49.8 Å². The maximum Gasteiger partial charge on any atom is 0.410 e. The van der Waals surface area contributed by atoms with Gasteiger partial charge in [-0.1, -0.05) is 12.8 Å². The van der Waals surface area contributed by atoms with Crippen molar-refractivity contribution in [3.8, 4) is 0 Å². The Hall–Kier alpha value is -0.770. The molecule has 1 aliphatic carbocycles. The van der Waals surface area contributed by atoms with E-state index in [0.29, 0.717) is 6.54 Å². The summed E-state index contributed by atoms with van der Waals surface area (Å²) in [5.41, 5.74) is -0.482. The van der Waals surface area contributed by atoms with Crippen LogP contribution in [0.2, 0.25) is 0 Å². The van der Waals surface area contributed by atoms with Crippen LogP contribution in [-0.2, 0) is 4.74 Å². The maximum atomic E-state index is 12.0. The molecule has 4 nitrogen and oxygen atoms in total. The van der Waals surface area contributed by atoms with Gasteiger partial charge < -0.3 is 14.7 Å². The van der Waals surface area contributed by atoms with Gasteiger partial charge in [-0.2, -0.15) is 0 Å². The molecule has 0 radical (unpaired) electrons. The zero-order valence-electron chi connectivity index (χ0n) is 11.4. The van der Waals surface area contributed by atoms with E-state index in [4.69, 9.17) is 4.74 Å². The van der Waals surface area contributed by atoms with Gasteiger partial charge in [0.05, 0.1) is 12.1 Å². The molecule has 1 N–H and O–H groups in total. The van der Waals surface area contributed by atoms with E-state index in [1.165, 1.54) is 0 Å². The quantitative estimate of drug-likeness (QED) is 0.811. The average Bonchev–Trinajstić information content (AvgIpc) is 2.19. The smallest absolute Gasteiger partial charge is 0.410 e. The highest BCUT2D eigenvalue weighted by molar-refractivity contribution is 5.68. The molecule has 1 fully saturated rings. The number of carbonyl (C=O) groups excluding carboxylic acids is 1. The summed E-state index contributed by atoms with van der Waals surface area (Å²) in [6.07, 6.45) is 3.05. The number of hydrogen-bond donors (Lipinski definition) is 1. The van der Waals surface area contributed by atoms with E-state index in [-0.39, 0.29) is 12.1 Å². The first-order valence-corrected chi connectivity index (χ1v) is 6.53. The number of nitrogens with zero attached hydrogens (tertiary/aromatic N) is 1. The molecule has 0 heterocycles. The maximum absolute atomic E-state index is 12.0. The third-order valence-corrected chi connectivity index (χ3v) is 3.06. The van der Waals surface area contributed by atoms with Crippen molar-refractivity contribution in [2.75, 3.05) is 6.54 Å². The summed E-state index contributed by atoms with van der Waals surface area (Å²) >= 11 is 0. The van der Waals surface area contributed by atoms with Gasteiger partial charge in [0.15, 0.2) is 0 Å². The van der Waals surface area contributed by atoms with Crippen LogP contribution in [0.5, 0.6) is 0 Å². The highest BCUT2D eigenvalue weighted by atomic mass is 16.6. The second-order valence-corrected chi connectivity index (χ2v) is 5.69. The highest BCUT2D eigenvalue weighted by Gasteiger charge is 2.33. The number of aliphatic hydroxyl groups is 1. The van der Waals surface area contributed by atoms with Gasteiger partial charge in [-0.15, -0.1) is 0 Å². The summed E-state index contributed by atoms with van der Waals surface area (Å²) in [7, 11) is 0. The Morgan fingerprint density at radius 3 is 2.41 bits per heavy atom. The van der Waals surface area contributed by atoms with Crippen molar-refractivity contribution < 1.29 is 14.6 Å². The Bertz CT molecular complexity index is 260. The molecule has 1 saturated carbocycles. The van der Waals surface area contributed by atoms with Crippen molar-refractivity contribution in [3.63, 3.8) is 0 Å². The summed E-state index contributed by atoms with van der Waals surface area (Å²) < 4.78 is 5.37. The first kappa shape index (κ1) is 14.3. The van der Waals surface area contributed by atoms with Crippen LogP contribution in [0, 0.1) is 0 Å². The molecule has 0 bridgehead atoms. The van der Waals surface area contributed by atoms with Gasteiger partial charge in [-0.3, -0.25) is 0 Å². The summed E-state index contributed by atoms with van der Waals surface area (Å²) in [5, 5.41) is 9.97. The lowest BCUT2D eigenvalue weighted by atomic mass is 9.91. The molecule has 0 spiro atoms. The van der Waals surface area contributed by atoms with Gasteiger partial charge in [0.25, 0.3) is 0 Å². The Balaban J connectivity index is 2.66. The van der Waals surface area contributed by atoms with Crippen LogP contribution in [0.4, 0.5) is 4.79 Å². The standard InChI is InChI=1S/C13H25NO3/c1-5-14(12(16)17-13(2,3)4)10-8-6-7-9-11(10)15/h10-11,15H,5-9H2,1-4H3/t10-,11-/m0/s1. The molecule has 0 unspecified atom stereocenters. The fraction of sp³-hybridized carbons (Fsp3) is 0.923. The molecule has 17 heavy (non-hydrogen) atoms. The van der Waals surface area contributed by atoms with E-state index in [9.17, 15) is 9.90 Å². The van der Waals surface area contributed by atoms with Crippen molar-refractivity contribution in [1.29, 1.82) is 0 Å². The normalized spacial score (nSPS) is 25.5. The van der Waals surface area contributed by atoms with Crippen LogP contribution in [0.25, 0.3) is 0 Å². The first-order valence-electron chi connectivity index (χ1n) is 6.53. The SMILES string of the molecule is CCN(C(=O)OC(C)(C)C)[C@H]1CCCC[C@@H]1O. The molecular formula is C13H25NO3. The van der Waals surface area contributed by atoms with Crippen molar-refractivity contribution in [3.05, 3.63) is 0 Å². The predicted molar refractivity (Wildman–Crippen MR) is 66.9 cm³/mol. The van der Waals surface area contributed by atoms with Crippen LogP contribution in [-0.4, -0.2) is 40.4 Å². The minimum atomic E-state index is -0.482. The monoisotopic (exact) mass is 243 g/mol. The molecule has 0 aromatic carbocycles. The summed E-state index contributed by atoms with van der Waals surface area (Å²) in [5.74, 6) is 0. The van der Waals surface area contributed by atoms with Crippen LogP contribution in [0.15, 0.2) is 0 Å². The van der Waals surface area contributed by atoms with E-state index in [0.717, 1.165) is 25.7 Å². The van der Waals surface area contributed by atoms with Crippen molar-refractivity contribution in [2.45, 2.75) is 71.1 Å². The molecule has 4 heteroatoms. The van der Waals surface area contributed by atoms with E-state index >= 15 is 0 Å². The molecule has 1 rings (SSSR count). The number of hydrogen-bond acceptors (Lipinski definition) is 3. The Labute approximate surface area is 104 Å². The zero-order chi connectivity index (χ0) is 13.1. The molecule has 1 aliphatic rings. The van der Waals surface area contributed by atoms with Crippen LogP contribution in [0.1, 0.15) is 53.4 Å². The molecule has 0 aliphatic heterocycles. The second kappa shape index (κ2) is 5.71. The number of rotatable bonds is 2. The summed E-state index contributed by atoms with van der Waals surface area (Å²) in [6, 6.07) is -0.0800. The molecular weight excluding hydrogens is 218 g/mol. The minimum Gasteiger partial charge on any atom is -0.444 e. The molecule has 0 aromatic heterocycles. The number of amides is 1. The number of likely N-dealkylation sites (N-methyl/N-ethyl adjacent to an activating group) is 1. The Morgan fingerprint density at radius 1 is 1.35 bits per heavy atom. The lowest BCUT2D eigenvalue weighted by Crippen LogP contribution is -2.49. The van der Waals surface area contributed by atoms with Crippen molar-refractivity contribution in [1.82, 2.24) is 4.90 Å². The van der Waals surface area contributed by atoms with Crippen molar-refractivity contribution >= 4 is 6.09 Å². The van der Waals surface area contributed by atoms with Gasteiger partial charge in [0.2, 0.25) is 0 Å². The molecule has 1 amide bonds. The third kappa shape index (κ3) is 4.19. The zero-order valence-corrected chi connectivity index (χ0v) is 11.4. The predicted octanol–water partition coefficient (Wildman–Crippen LogP) is 2.55. The van der Waals surface area contributed by atoms with Crippen LogP contribution in [0.3, 0.4) is 0 Å². The van der Waals surface area contributed by atoms with E-state index in [1.807, 2.05) is 27.7 Å². The summed E-state index contributed by atoms with van der Waals surface area (Å²) in [6.45, 7) is 8.07. The second-order valence-electron chi connectivity index (χ2n) is 5.69. The highest BCUT2D eigenvalue weighted by Crippen LogP contribution is 2.24. The Kier molecular flexibility index (Phi) is 4.80. The fourth-order valence-electron chi connectivity index (χ4n) is 2.27. The third-order valence-electron chi connectivity index (χ3n) is 3.06. The van der Waals surface area contributed by atoms with Crippen molar-refractivity contribution in [2.24, 2.45) is 0 Å². The van der Waals surface area contributed by atoms with Gasteiger partial charge >= 0.3 is 6.09 Å². The van der Waals surface area contributed by atoms with E-state index in [1.54, 1.807) is 4.90 Å². The Morgan fingerprint density at radius 2 is 1.94 bits per heavy atom. The number of ether oxygens (including phenoxy) is 1. The molecule has 0 aromatic rings. The molecule has 100 valence electrons. The van der Waals surface area contributed by atoms with Gasteiger partial charge in [-0.05, 0) is 40.5 Å². The van der Waals surface area contributed by atoms with E-state index < -0.39 is 11.7 Å². The number of aliphatic hydroxyl groups excluding tert-OH is 1. The summed E-state index contributed by atoms with van der Waals surface area (Å²) in [4.78, 5) is 13.7. The molecule has 2 atom stereocenters. The number of carbonyl (C=O) groups is 1. The largest absolute Gasteiger partial charge is 0.444 e. The lowest BCUT2D eigenvalue weighted by Gasteiger charge is -2.37. The van der Waals surface area contributed by atoms with Gasteiger partial charge in [0, 0.05) is 6.54 Å². The van der Waals surface area contributed by atoms with Crippen LogP contribution < -0.4 is 0 Å². The minimum absolute atomic E-state index is 0.0800. The fourth-order valence-corrected chi connectivity index (χ4v) is 2.27. The van der Waals surface area contributed by atoms with Gasteiger partial charge in [-0.25, -0.2) is 4.79 Å². The van der Waals surface area contributed by atoms with Crippen LogP contribution >= 0.6 is 0 Å². The molecule has 0 saturated heterocycles. The lowest BCUT2D eigenvalue weighted by molar-refractivity contribution is -0.0151. The van der Waals surface area contributed by atoms with E-state index in [2.05, 4.69) is 0 Å².